The first-order valence-corrected chi connectivity index (χ1v) is 12.6. The second-order valence-corrected chi connectivity index (χ2v) is 11.3. The normalized spacial score (nSPS) is 30.2. The van der Waals surface area contributed by atoms with E-state index in [1.54, 1.807) is 14.7 Å². The molecule has 5 rings (SSSR count). The van der Waals surface area contributed by atoms with E-state index in [0.717, 1.165) is 44.4 Å². The van der Waals surface area contributed by atoms with E-state index >= 15 is 0 Å². The Hall–Kier alpha value is -1.49. The predicted octanol–water partition coefficient (Wildman–Crippen LogP) is 1.21. The van der Waals surface area contributed by atoms with Crippen LogP contribution in [0.5, 0.6) is 0 Å². The zero-order valence-corrected chi connectivity index (χ0v) is 18.3. The Morgan fingerprint density at radius 1 is 1.23 bits per heavy atom. The highest BCUT2D eigenvalue weighted by Crippen LogP contribution is 2.40. The van der Waals surface area contributed by atoms with Crippen LogP contribution in [-0.4, -0.2) is 71.9 Å². The highest BCUT2D eigenvalue weighted by molar-refractivity contribution is 7.86. The predicted molar refractivity (Wildman–Crippen MR) is 110 cm³/mol. The number of carbonyl (C=O) groups excluding carboxylic acids is 1. The number of nitrogens with one attached hydrogen (secondary N) is 2. The largest absolute Gasteiger partial charge is 0.360 e. The maximum absolute atomic E-state index is 13.2. The Morgan fingerprint density at radius 3 is 2.57 bits per heavy atom. The maximum atomic E-state index is 13.2. The second-order valence-electron chi connectivity index (χ2n) is 9.41. The molecule has 1 saturated carbocycles. The van der Waals surface area contributed by atoms with E-state index in [1.165, 1.54) is 0 Å². The third kappa shape index (κ3) is 3.79. The summed E-state index contributed by atoms with van der Waals surface area (Å²) in [5.41, 5.74) is 0.488. The summed E-state index contributed by atoms with van der Waals surface area (Å²) < 4.78 is 34.9. The number of nitrogens with zero attached hydrogens (tertiary/aromatic N) is 3. The number of carbonyl (C=O) groups is 1. The van der Waals surface area contributed by atoms with Crippen molar-refractivity contribution in [2.75, 3.05) is 26.2 Å². The molecule has 166 valence electrons. The molecular formula is C20H31N5O4S. The van der Waals surface area contributed by atoms with Crippen LogP contribution in [0.25, 0.3) is 0 Å². The van der Waals surface area contributed by atoms with Crippen LogP contribution >= 0.6 is 0 Å². The summed E-state index contributed by atoms with van der Waals surface area (Å²) in [7, 11) is -3.47. The fraction of sp³-hybridized carbons (Fsp3) is 0.800. The van der Waals surface area contributed by atoms with Gasteiger partial charge < -0.3 is 15.2 Å². The summed E-state index contributed by atoms with van der Waals surface area (Å²) in [6, 6.07) is 1.51. The van der Waals surface area contributed by atoms with Gasteiger partial charge in [0.15, 0.2) is 5.69 Å². The molecule has 1 spiro atoms. The van der Waals surface area contributed by atoms with E-state index < -0.39 is 10.2 Å². The molecule has 3 saturated heterocycles. The van der Waals surface area contributed by atoms with Crippen LogP contribution in [0, 0.1) is 0 Å². The molecule has 2 atom stereocenters. The molecule has 0 radical (unpaired) electrons. The van der Waals surface area contributed by atoms with Crippen molar-refractivity contribution in [3.05, 3.63) is 17.5 Å². The molecule has 1 aliphatic carbocycles. The molecule has 4 fully saturated rings. The molecule has 2 N–H and O–H groups in total. The summed E-state index contributed by atoms with van der Waals surface area (Å²) >= 11 is 0. The molecule has 0 aromatic carbocycles. The molecule has 9 nitrogen and oxygen atoms in total. The minimum Gasteiger partial charge on any atom is -0.360 e. The van der Waals surface area contributed by atoms with Crippen LogP contribution in [0.4, 0.5) is 0 Å². The van der Waals surface area contributed by atoms with E-state index in [-0.39, 0.29) is 23.5 Å². The fourth-order valence-corrected chi connectivity index (χ4v) is 6.86. The third-order valence-corrected chi connectivity index (χ3v) is 9.45. The van der Waals surface area contributed by atoms with Crippen LogP contribution in [-0.2, 0) is 10.2 Å². The second kappa shape index (κ2) is 7.58. The van der Waals surface area contributed by atoms with Crippen LogP contribution in [0.3, 0.4) is 0 Å². The number of hydrogen-bond donors (Lipinski definition) is 2. The highest BCUT2D eigenvalue weighted by Gasteiger charge is 2.44. The average molecular weight is 438 g/mol. The van der Waals surface area contributed by atoms with Gasteiger partial charge in [-0.2, -0.15) is 17.0 Å². The third-order valence-electron chi connectivity index (χ3n) is 7.30. The van der Waals surface area contributed by atoms with Crippen LogP contribution in [0.15, 0.2) is 10.6 Å². The van der Waals surface area contributed by atoms with Gasteiger partial charge in [0.1, 0.15) is 5.76 Å². The van der Waals surface area contributed by atoms with Crippen molar-refractivity contribution in [2.24, 2.45) is 0 Å². The molecular weight excluding hydrogens is 406 g/mol. The molecule has 1 aromatic rings. The fourth-order valence-electron chi connectivity index (χ4n) is 5.04. The topological polar surface area (TPSA) is 108 Å². The monoisotopic (exact) mass is 437 g/mol. The minimum absolute atomic E-state index is 0.0659. The van der Waals surface area contributed by atoms with E-state index in [1.807, 2.05) is 6.92 Å². The first-order chi connectivity index (χ1) is 14.4. The van der Waals surface area contributed by atoms with Crippen molar-refractivity contribution in [3.8, 4) is 0 Å². The van der Waals surface area contributed by atoms with Crippen molar-refractivity contribution in [1.29, 1.82) is 0 Å². The standard InChI is InChI=1S/C20H31N5O4S/c1-14-12-16(22-19(26)17-13-18(29-23-17)15-2-3-15)4-9-25(14)30(27,28)24-10-6-20(7-11-24)5-8-21-20/h13-16,21H,2-12H2,1H3,(H,22,26)/t14-,16-/m0/s1. The van der Waals surface area contributed by atoms with E-state index in [0.29, 0.717) is 44.1 Å². The smallest absolute Gasteiger partial charge is 0.282 e. The molecule has 10 heteroatoms. The summed E-state index contributed by atoms with van der Waals surface area (Å²) in [5, 5.41) is 10.4. The van der Waals surface area contributed by atoms with Gasteiger partial charge in [-0.05, 0) is 58.4 Å². The number of hydrogen-bond acceptors (Lipinski definition) is 6. The maximum Gasteiger partial charge on any atom is 0.282 e. The first-order valence-electron chi connectivity index (χ1n) is 11.2. The van der Waals surface area contributed by atoms with E-state index in [4.69, 9.17) is 4.52 Å². The number of rotatable bonds is 5. The summed E-state index contributed by atoms with van der Waals surface area (Å²) in [5.74, 6) is 0.959. The van der Waals surface area contributed by atoms with Crippen molar-refractivity contribution >= 4 is 16.1 Å². The van der Waals surface area contributed by atoms with Gasteiger partial charge in [0.05, 0.1) is 0 Å². The van der Waals surface area contributed by atoms with Crippen molar-refractivity contribution in [3.63, 3.8) is 0 Å². The Kier molecular flexibility index (Phi) is 5.16. The minimum atomic E-state index is -3.47. The zero-order valence-electron chi connectivity index (χ0n) is 17.5. The van der Waals surface area contributed by atoms with Crippen LogP contribution < -0.4 is 10.6 Å². The Balaban J connectivity index is 1.16. The molecule has 0 bridgehead atoms. The van der Waals surface area contributed by atoms with Gasteiger partial charge in [-0.1, -0.05) is 5.16 Å². The lowest BCUT2D eigenvalue weighted by atomic mass is 9.80. The molecule has 30 heavy (non-hydrogen) atoms. The van der Waals surface area contributed by atoms with Crippen molar-refractivity contribution in [2.45, 2.75) is 75.4 Å². The van der Waals surface area contributed by atoms with Crippen LogP contribution in [0.1, 0.15) is 74.0 Å². The van der Waals surface area contributed by atoms with Gasteiger partial charge in [0.25, 0.3) is 16.1 Å². The van der Waals surface area contributed by atoms with Gasteiger partial charge in [-0.15, -0.1) is 0 Å². The number of aromatic nitrogens is 1. The van der Waals surface area contributed by atoms with Crippen LogP contribution in [0.2, 0.25) is 0 Å². The molecule has 1 amide bonds. The van der Waals surface area contributed by atoms with Gasteiger partial charge in [-0.25, -0.2) is 0 Å². The van der Waals surface area contributed by atoms with Gasteiger partial charge in [0.2, 0.25) is 0 Å². The average Bonchev–Trinajstić information content (AvgIpc) is 3.43. The Labute approximate surface area is 177 Å². The lowest BCUT2D eigenvalue weighted by Gasteiger charge is -2.49. The molecule has 0 unspecified atom stereocenters. The quantitative estimate of drug-likeness (QED) is 0.717. The Morgan fingerprint density at radius 2 is 1.97 bits per heavy atom. The lowest BCUT2D eigenvalue weighted by molar-refractivity contribution is 0.0900. The number of piperidine rings is 2. The Bertz CT molecular complexity index is 898. The molecule has 1 aromatic heterocycles. The van der Waals surface area contributed by atoms with E-state index in [2.05, 4.69) is 15.8 Å². The van der Waals surface area contributed by atoms with Gasteiger partial charge in [-0.3, -0.25) is 4.79 Å². The van der Waals surface area contributed by atoms with E-state index in [9.17, 15) is 13.2 Å². The highest BCUT2D eigenvalue weighted by atomic mass is 32.2. The molecule has 4 aliphatic rings. The summed E-state index contributed by atoms with van der Waals surface area (Å²) in [6.07, 6.45) is 6.29. The summed E-state index contributed by atoms with van der Waals surface area (Å²) in [4.78, 5) is 12.5. The summed E-state index contributed by atoms with van der Waals surface area (Å²) in [6.45, 7) is 4.54. The SMILES string of the molecule is C[C@H]1C[C@@H](NC(=O)c2cc(C3CC3)on2)CCN1S(=O)(=O)N1CCC2(CCN2)CC1. The molecule has 3 aliphatic heterocycles. The lowest BCUT2D eigenvalue weighted by Crippen LogP contribution is -2.64. The van der Waals surface area contributed by atoms with Gasteiger partial charge in [0, 0.05) is 49.2 Å². The van der Waals surface area contributed by atoms with Crippen molar-refractivity contribution in [1.82, 2.24) is 24.4 Å². The number of amides is 1. The van der Waals surface area contributed by atoms with Gasteiger partial charge >= 0.3 is 0 Å². The van der Waals surface area contributed by atoms with Crippen molar-refractivity contribution < 1.29 is 17.7 Å². The molecule has 4 heterocycles. The zero-order chi connectivity index (χ0) is 20.9. The first kappa shape index (κ1) is 20.4.